The zero-order valence-corrected chi connectivity index (χ0v) is 16.6. The summed E-state index contributed by atoms with van der Waals surface area (Å²) in [6.07, 6.45) is 6.90. The monoisotopic (exact) mass is 396 g/mol. The van der Waals surface area contributed by atoms with Gasteiger partial charge in [0.1, 0.15) is 6.61 Å². The molecular weight excluding hydrogens is 368 g/mol. The predicted molar refractivity (Wildman–Crippen MR) is 98.9 cm³/mol. The van der Waals surface area contributed by atoms with E-state index in [9.17, 15) is 9.90 Å². The smallest absolute Gasteiger partial charge is 0.335 e. The lowest BCUT2D eigenvalue weighted by molar-refractivity contribution is -0.135. The molecule has 3 fully saturated rings. The van der Waals surface area contributed by atoms with Gasteiger partial charge in [-0.2, -0.15) is 0 Å². The van der Waals surface area contributed by atoms with Gasteiger partial charge in [0.05, 0.1) is 16.0 Å². The van der Waals surface area contributed by atoms with Crippen molar-refractivity contribution in [2.45, 2.75) is 63.3 Å². The number of rotatable bonds is 2. The third-order valence-electron chi connectivity index (χ3n) is 7.17. The number of esters is 1. The fourth-order valence-electron chi connectivity index (χ4n) is 5.28. The quantitative estimate of drug-likeness (QED) is 0.325. The number of aliphatic hydroxyl groups is 1. The Morgan fingerprint density at radius 2 is 2.12 bits per heavy atom. The van der Waals surface area contributed by atoms with Crippen molar-refractivity contribution in [1.29, 1.82) is 0 Å². The Hall–Kier alpha value is -0.610. The summed E-state index contributed by atoms with van der Waals surface area (Å²) in [6, 6.07) is 0. The number of allylic oxidation sites excluding steroid dienone is 2. The lowest BCUT2D eigenvalue weighted by Gasteiger charge is -2.58. The number of halogens is 1. The van der Waals surface area contributed by atoms with Gasteiger partial charge in [-0.15, -0.1) is 0 Å². The maximum absolute atomic E-state index is 11.9. The number of carbonyl (C=O) groups is 1. The summed E-state index contributed by atoms with van der Waals surface area (Å²) in [5, 5.41) is 10.7. The average molecular weight is 397 g/mol. The van der Waals surface area contributed by atoms with E-state index in [0.29, 0.717) is 24.4 Å². The first-order valence-corrected chi connectivity index (χ1v) is 9.99. The Kier molecular flexibility index (Phi) is 4.76. The van der Waals surface area contributed by atoms with Crippen LogP contribution in [0.5, 0.6) is 0 Å². The van der Waals surface area contributed by atoms with Crippen LogP contribution in [0.2, 0.25) is 0 Å². The summed E-state index contributed by atoms with van der Waals surface area (Å²) in [5.74, 6) is 0.973. The van der Waals surface area contributed by atoms with Crippen molar-refractivity contribution in [3.8, 4) is 0 Å². The third kappa shape index (κ3) is 2.90. The van der Waals surface area contributed by atoms with Crippen molar-refractivity contribution >= 4 is 21.9 Å². The van der Waals surface area contributed by atoms with Crippen LogP contribution in [0, 0.1) is 23.2 Å². The molecule has 134 valence electrons. The average Bonchev–Trinajstić information content (AvgIpc) is 2.83. The topological polar surface area (TPSA) is 46.5 Å². The lowest BCUT2D eigenvalue weighted by atomic mass is 9.48. The van der Waals surface area contributed by atoms with Crippen LogP contribution in [0.4, 0.5) is 0 Å². The summed E-state index contributed by atoms with van der Waals surface area (Å²) >= 11 is 3.52. The fourth-order valence-corrected chi connectivity index (χ4v) is 5.78. The minimum absolute atomic E-state index is 0.0106. The van der Waals surface area contributed by atoms with Gasteiger partial charge >= 0.3 is 5.97 Å². The first kappa shape index (κ1) is 18.2. The van der Waals surface area contributed by atoms with E-state index in [0.717, 1.165) is 37.7 Å². The van der Waals surface area contributed by atoms with Crippen LogP contribution >= 0.6 is 15.9 Å². The summed E-state index contributed by atoms with van der Waals surface area (Å²) in [5.41, 5.74) is 1.64. The summed E-state index contributed by atoms with van der Waals surface area (Å²) in [6.45, 7) is 11.3. The molecule has 0 radical (unpaired) electrons. The van der Waals surface area contributed by atoms with Crippen LogP contribution in [-0.4, -0.2) is 28.1 Å². The third-order valence-corrected chi connectivity index (χ3v) is 7.93. The summed E-state index contributed by atoms with van der Waals surface area (Å²) < 4.78 is 5.11. The normalized spacial score (nSPS) is 47.6. The van der Waals surface area contributed by atoms with E-state index >= 15 is 0 Å². The molecule has 0 bridgehead atoms. The van der Waals surface area contributed by atoms with Crippen LogP contribution in [0.1, 0.15) is 52.9 Å². The summed E-state index contributed by atoms with van der Waals surface area (Å²) in [4.78, 5) is 11.9. The molecule has 6 atom stereocenters. The Morgan fingerprint density at radius 1 is 1.42 bits per heavy atom. The second-order valence-corrected chi connectivity index (χ2v) is 9.57. The lowest BCUT2D eigenvalue weighted by Crippen LogP contribution is -2.54. The fraction of sp³-hybridized carbons (Fsp3) is 0.750. The molecule has 0 aromatic rings. The highest BCUT2D eigenvalue weighted by atomic mass is 79.9. The molecular formula is C20H29BrO3. The largest absolute Gasteiger partial charge is 0.461 e. The minimum Gasteiger partial charge on any atom is -0.461 e. The van der Waals surface area contributed by atoms with Gasteiger partial charge in [-0.25, -0.2) is 4.79 Å². The Morgan fingerprint density at radius 3 is 2.75 bits per heavy atom. The van der Waals surface area contributed by atoms with Gasteiger partial charge in [0.2, 0.25) is 0 Å². The molecule has 4 heteroatoms. The molecule has 2 saturated carbocycles. The van der Waals surface area contributed by atoms with Crippen molar-refractivity contribution in [3.63, 3.8) is 0 Å². The molecule has 3 nitrogen and oxygen atoms in total. The molecule has 1 saturated heterocycles. The van der Waals surface area contributed by atoms with E-state index in [4.69, 9.17) is 4.74 Å². The molecule has 3 aliphatic rings. The Balaban J connectivity index is 1.85. The molecule has 0 aromatic carbocycles. The standard InChI is InChI=1S/C20H29BrO3/c1-12-5-7-16-13(2)20(4,23)10-9-19(16,3)15(12)8-6-14-17(21)11-24-18(14)22/h6,13,15-17,23H,1,5,7-11H2,2-4H3/b14-6+/t13-,15-,16-,17?,19+,20+/m1/s1. The van der Waals surface area contributed by atoms with Crippen molar-refractivity contribution in [1.82, 2.24) is 0 Å². The SMILES string of the molecule is C=C1CC[C@@H]2[C@@H](C)[C@@](C)(O)CC[C@@]2(C)[C@@H]1C/C=C1/C(=O)OCC1Br. The zero-order valence-electron chi connectivity index (χ0n) is 15.0. The molecule has 0 spiro atoms. The number of cyclic esters (lactones) is 1. The minimum atomic E-state index is -0.567. The van der Waals surface area contributed by atoms with Gasteiger partial charge in [0.25, 0.3) is 0 Å². The second kappa shape index (κ2) is 6.28. The molecule has 0 amide bonds. The number of carbonyl (C=O) groups excluding carboxylic acids is 1. The van der Waals surface area contributed by atoms with Crippen molar-refractivity contribution in [2.24, 2.45) is 23.2 Å². The summed E-state index contributed by atoms with van der Waals surface area (Å²) in [7, 11) is 0. The highest BCUT2D eigenvalue weighted by molar-refractivity contribution is 9.09. The molecule has 0 aromatic heterocycles. The molecule has 1 N–H and O–H groups in total. The molecule has 1 heterocycles. The first-order valence-electron chi connectivity index (χ1n) is 9.08. The van der Waals surface area contributed by atoms with Gasteiger partial charge in [0.15, 0.2) is 0 Å². The van der Waals surface area contributed by atoms with E-state index in [-0.39, 0.29) is 16.2 Å². The molecule has 1 unspecified atom stereocenters. The van der Waals surface area contributed by atoms with Gasteiger partial charge in [-0.05, 0) is 62.2 Å². The van der Waals surface area contributed by atoms with Gasteiger partial charge in [-0.3, -0.25) is 0 Å². The van der Waals surface area contributed by atoms with E-state index in [1.54, 1.807) is 0 Å². The second-order valence-electron chi connectivity index (χ2n) is 8.47. The molecule has 3 rings (SSSR count). The number of ether oxygens (including phenoxy) is 1. The van der Waals surface area contributed by atoms with E-state index in [2.05, 4.69) is 42.4 Å². The van der Waals surface area contributed by atoms with Crippen molar-refractivity contribution < 1.29 is 14.6 Å². The Labute approximate surface area is 153 Å². The van der Waals surface area contributed by atoms with E-state index in [1.165, 1.54) is 5.57 Å². The van der Waals surface area contributed by atoms with Crippen LogP contribution < -0.4 is 0 Å². The predicted octanol–water partition coefficient (Wildman–Crippen LogP) is 4.39. The maximum atomic E-state index is 11.9. The van der Waals surface area contributed by atoms with E-state index in [1.807, 2.05) is 6.92 Å². The maximum Gasteiger partial charge on any atom is 0.335 e. The number of hydrogen-bond acceptors (Lipinski definition) is 3. The first-order chi connectivity index (χ1) is 11.2. The number of fused-ring (bicyclic) bond motifs is 1. The molecule has 2 aliphatic carbocycles. The molecule has 24 heavy (non-hydrogen) atoms. The van der Waals surface area contributed by atoms with Crippen LogP contribution in [-0.2, 0) is 9.53 Å². The Bertz CT molecular complexity index is 579. The number of alkyl halides is 1. The number of hydrogen-bond donors (Lipinski definition) is 1. The van der Waals surface area contributed by atoms with Crippen molar-refractivity contribution in [2.75, 3.05) is 6.61 Å². The van der Waals surface area contributed by atoms with Crippen LogP contribution in [0.3, 0.4) is 0 Å². The van der Waals surface area contributed by atoms with Crippen LogP contribution in [0.25, 0.3) is 0 Å². The highest BCUT2D eigenvalue weighted by Gasteiger charge is 2.54. The highest BCUT2D eigenvalue weighted by Crippen LogP contribution is 2.59. The molecule has 1 aliphatic heterocycles. The zero-order chi connectivity index (χ0) is 17.7. The van der Waals surface area contributed by atoms with Crippen molar-refractivity contribution in [3.05, 3.63) is 23.8 Å². The van der Waals surface area contributed by atoms with Gasteiger partial charge in [-0.1, -0.05) is 48.0 Å². The van der Waals surface area contributed by atoms with Gasteiger partial charge in [0, 0.05) is 0 Å². The van der Waals surface area contributed by atoms with E-state index < -0.39 is 5.60 Å². The van der Waals surface area contributed by atoms with Crippen LogP contribution in [0.15, 0.2) is 23.8 Å². The van der Waals surface area contributed by atoms with Gasteiger partial charge < -0.3 is 9.84 Å².